The second-order valence-electron chi connectivity index (χ2n) is 4.36. The van der Waals surface area contributed by atoms with Crippen molar-refractivity contribution >= 4 is 5.97 Å². The molecule has 0 amide bonds. The highest BCUT2D eigenvalue weighted by Gasteiger charge is 2.31. The zero-order valence-corrected chi connectivity index (χ0v) is 9.23. The van der Waals surface area contributed by atoms with Crippen LogP contribution in [-0.2, 0) is 4.79 Å². The van der Waals surface area contributed by atoms with Crippen LogP contribution in [0.1, 0.15) is 12.8 Å². The van der Waals surface area contributed by atoms with Crippen molar-refractivity contribution in [2.45, 2.75) is 18.9 Å². The molecule has 4 nitrogen and oxygen atoms in total. The van der Waals surface area contributed by atoms with Crippen molar-refractivity contribution in [1.29, 1.82) is 0 Å². The lowest BCUT2D eigenvalue weighted by Crippen LogP contribution is -2.39. The van der Waals surface area contributed by atoms with E-state index in [0.717, 1.165) is 25.9 Å². The summed E-state index contributed by atoms with van der Waals surface area (Å²) in [6.07, 6.45) is 1.70. The summed E-state index contributed by atoms with van der Waals surface area (Å²) in [5.41, 5.74) is 0. The molecule has 4 heteroatoms. The van der Waals surface area contributed by atoms with Crippen LogP contribution in [-0.4, -0.2) is 61.2 Å². The van der Waals surface area contributed by atoms with Gasteiger partial charge >= 0.3 is 5.97 Å². The summed E-state index contributed by atoms with van der Waals surface area (Å²) < 4.78 is 0. The standard InChI is InChI=1S/C10H20N2O2/c1-11(2)9-5-7-12(3)6-4-8(9)10(13)14/h8-9H,4-7H2,1-3H3,(H,13,14). The van der Waals surface area contributed by atoms with Gasteiger partial charge in [0.1, 0.15) is 0 Å². The fourth-order valence-corrected chi connectivity index (χ4v) is 2.12. The van der Waals surface area contributed by atoms with E-state index in [2.05, 4.69) is 11.9 Å². The SMILES string of the molecule is CN1CCC(C(=O)O)C(N(C)C)CC1. The van der Waals surface area contributed by atoms with E-state index in [1.165, 1.54) is 0 Å². The van der Waals surface area contributed by atoms with Gasteiger partial charge in [-0.15, -0.1) is 0 Å². The summed E-state index contributed by atoms with van der Waals surface area (Å²) in [4.78, 5) is 15.3. The Morgan fingerprint density at radius 1 is 1.36 bits per heavy atom. The molecule has 82 valence electrons. The number of hydrogen-bond acceptors (Lipinski definition) is 3. The predicted molar refractivity (Wildman–Crippen MR) is 55.3 cm³/mol. The Morgan fingerprint density at radius 3 is 2.43 bits per heavy atom. The van der Waals surface area contributed by atoms with Crippen molar-refractivity contribution in [1.82, 2.24) is 9.80 Å². The van der Waals surface area contributed by atoms with E-state index in [1.807, 2.05) is 19.0 Å². The van der Waals surface area contributed by atoms with Crippen LogP contribution in [0.5, 0.6) is 0 Å². The monoisotopic (exact) mass is 200 g/mol. The molecule has 0 radical (unpaired) electrons. The highest BCUT2D eigenvalue weighted by molar-refractivity contribution is 5.71. The van der Waals surface area contributed by atoms with Gasteiger partial charge in [-0.1, -0.05) is 0 Å². The Bertz CT molecular complexity index is 206. The number of likely N-dealkylation sites (tertiary alicyclic amines) is 1. The molecule has 0 saturated carbocycles. The Kier molecular flexibility index (Phi) is 3.89. The van der Waals surface area contributed by atoms with E-state index >= 15 is 0 Å². The zero-order valence-electron chi connectivity index (χ0n) is 9.23. The van der Waals surface area contributed by atoms with Gasteiger partial charge in [-0.05, 0) is 47.1 Å². The van der Waals surface area contributed by atoms with Crippen LogP contribution in [0.4, 0.5) is 0 Å². The molecule has 0 aromatic rings. The average Bonchev–Trinajstić information content (AvgIpc) is 2.26. The quantitative estimate of drug-likeness (QED) is 0.698. The highest BCUT2D eigenvalue weighted by Crippen LogP contribution is 2.21. The van der Waals surface area contributed by atoms with Gasteiger partial charge in [-0.3, -0.25) is 4.79 Å². The first kappa shape index (κ1) is 11.5. The minimum Gasteiger partial charge on any atom is -0.481 e. The van der Waals surface area contributed by atoms with Crippen molar-refractivity contribution in [2.75, 3.05) is 34.2 Å². The van der Waals surface area contributed by atoms with Gasteiger partial charge in [0.15, 0.2) is 0 Å². The molecule has 1 saturated heterocycles. The van der Waals surface area contributed by atoms with Gasteiger partial charge in [0, 0.05) is 6.04 Å². The van der Waals surface area contributed by atoms with E-state index < -0.39 is 5.97 Å². The second-order valence-corrected chi connectivity index (χ2v) is 4.36. The van der Waals surface area contributed by atoms with E-state index in [1.54, 1.807) is 0 Å². The number of carboxylic acid groups (broad SMARTS) is 1. The van der Waals surface area contributed by atoms with Crippen LogP contribution in [0, 0.1) is 5.92 Å². The molecule has 2 atom stereocenters. The lowest BCUT2D eigenvalue weighted by atomic mass is 9.94. The first-order valence-corrected chi connectivity index (χ1v) is 5.10. The fraction of sp³-hybridized carbons (Fsp3) is 0.900. The molecule has 0 aromatic heterocycles. The second kappa shape index (κ2) is 4.75. The number of nitrogens with zero attached hydrogens (tertiary/aromatic N) is 2. The summed E-state index contributed by atoms with van der Waals surface area (Å²) in [7, 11) is 5.98. The first-order valence-electron chi connectivity index (χ1n) is 5.10. The molecule has 1 aliphatic heterocycles. The molecular formula is C10H20N2O2. The maximum absolute atomic E-state index is 11.1. The molecular weight excluding hydrogens is 180 g/mol. The minimum atomic E-state index is -0.654. The number of hydrogen-bond donors (Lipinski definition) is 1. The summed E-state index contributed by atoms with van der Waals surface area (Å²) in [6, 6.07) is 0.178. The third-order valence-electron chi connectivity index (χ3n) is 3.07. The summed E-state index contributed by atoms with van der Waals surface area (Å²) in [5, 5.41) is 9.12. The van der Waals surface area contributed by atoms with Crippen LogP contribution < -0.4 is 0 Å². The largest absolute Gasteiger partial charge is 0.481 e. The van der Waals surface area contributed by atoms with Gasteiger partial charge in [-0.25, -0.2) is 0 Å². The smallest absolute Gasteiger partial charge is 0.308 e. The Hall–Kier alpha value is -0.610. The number of carboxylic acids is 1. The summed E-state index contributed by atoms with van der Waals surface area (Å²) in [6.45, 7) is 1.88. The van der Waals surface area contributed by atoms with Gasteiger partial charge in [0.05, 0.1) is 5.92 Å². The topological polar surface area (TPSA) is 43.8 Å². The van der Waals surface area contributed by atoms with Crippen LogP contribution in [0.3, 0.4) is 0 Å². The van der Waals surface area contributed by atoms with Crippen LogP contribution in [0.2, 0.25) is 0 Å². The number of aliphatic carboxylic acids is 1. The van der Waals surface area contributed by atoms with Gasteiger partial charge in [0.25, 0.3) is 0 Å². The molecule has 2 unspecified atom stereocenters. The van der Waals surface area contributed by atoms with Crippen LogP contribution in [0.15, 0.2) is 0 Å². The molecule has 1 heterocycles. The Labute approximate surface area is 85.5 Å². The molecule has 0 aromatic carbocycles. The predicted octanol–water partition coefficient (Wildman–Crippen LogP) is 0.343. The molecule has 0 spiro atoms. The molecule has 1 aliphatic rings. The summed E-state index contributed by atoms with van der Waals surface area (Å²) >= 11 is 0. The van der Waals surface area contributed by atoms with E-state index in [9.17, 15) is 4.79 Å². The number of rotatable bonds is 2. The Balaban J connectivity index is 2.71. The third-order valence-corrected chi connectivity index (χ3v) is 3.07. The van der Waals surface area contributed by atoms with Crippen molar-refractivity contribution < 1.29 is 9.90 Å². The number of carbonyl (C=O) groups is 1. The van der Waals surface area contributed by atoms with E-state index in [0.29, 0.717) is 0 Å². The minimum absolute atomic E-state index is 0.178. The normalized spacial score (nSPS) is 30.3. The molecule has 0 bridgehead atoms. The molecule has 0 aliphatic carbocycles. The van der Waals surface area contributed by atoms with Crippen molar-refractivity contribution in [3.8, 4) is 0 Å². The highest BCUT2D eigenvalue weighted by atomic mass is 16.4. The molecule has 1 N–H and O–H groups in total. The lowest BCUT2D eigenvalue weighted by Gasteiger charge is -2.27. The van der Waals surface area contributed by atoms with Crippen LogP contribution in [0.25, 0.3) is 0 Å². The summed E-state index contributed by atoms with van der Waals surface area (Å²) in [5.74, 6) is -0.867. The van der Waals surface area contributed by atoms with Gasteiger partial charge in [0.2, 0.25) is 0 Å². The van der Waals surface area contributed by atoms with Gasteiger partial charge in [-0.2, -0.15) is 0 Å². The van der Waals surface area contributed by atoms with E-state index in [-0.39, 0.29) is 12.0 Å². The maximum atomic E-state index is 11.1. The van der Waals surface area contributed by atoms with Crippen molar-refractivity contribution in [3.05, 3.63) is 0 Å². The van der Waals surface area contributed by atoms with Gasteiger partial charge < -0.3 is 14.9 Å². The van der Waals surface area contributed by atoms with E-state index in [4.69, 9.17) is 5.11 Å². The lowest BCUT2D eigenvalue weighted by molar-refractivity contribution is -0.144. The van der Waals surface area contributed by atoms with Crippen molar-refractivity contribution in [2.24, 2.45) is 5.92 Å². The maximum Gasteiger partial charge on any atom is 0.308 e. The molecule has 1 fully saturated rings. The zero-order chi connectivity index (χ0) is 10.7. The third kappa shape index (κ3) is 2.69. The van der Waals surface area contributed by atoms with Crippen molar-refractivity contribution in [3.63, 3.8) is 0 Å². The Morgan fingerprint density at radius 2 is 1.93 bits per heavy atom. The fourth-order valence-electron chi connectivity index (χ4n) is 2.12. The van der Waals surface area contributed by atoms with Crippen LogP contribution >= 0.6 is 0 Å². The average molecular weight is 200 g/mol. The first-order chi connectivity index (χ1) is 6.52. The molecule has 1 rings (SSSR count). The molecule has 14 heavy (non-hydrogen) atoms.